The molecule has 1 amide bonds. The van der Waals surface area contributed by atoms with E-state index in [2.05, 4.69) is 34.3 Å². The molecule has 0 aliphatic carbocycles. The van der Waals surface area contributed by atoms with Crippen LogP contribution in [-0.2, 0) is 0 Å². The zero-order chi connectivity index (χ0) is 26.5. The van der Waals surface area contributed by atoms with Crippen molar-refractivity contribution in [1.29, 1.82) is 0 Å². The number of amides is 1. The number of aromatic nitrogens is 4. The molecule has 5 rings (SSSR count). The molecular formula is C27H28F2N6O2. The summed E-state index contributed by atoms with van der Waals surface area (Å²) in [6.07, 6.45) is 2.98. The van der Waals surface area contributed by atoms with Crippen molar-refractivity contribution in [2.75, 3.05) is 23.3 Å². The van der Waals surface area contributed by atoms with Crippen molar-refractivity contribution in [3.8, 4) is 5.69 Å². The molecular weight excluding hydrogens is 478 g/mol. The summed E-state index contributed by atoms with van der Waals surface area (Å²) in [4.78, 5) is 27.9. The van der Waals surface area contributed by atoms with Gasteiger partial charge in [-0.1, -0.05) is 19.9 Å². The molecule has 1 saturated heterocycles. The summed E-state index contributed by atoms with van der Waals surface area (Å²) in [6, 6.07) is 9.34. The second-order valence-corrected chi connectivity index (χ2v) is 10.4. The molecule has 1 fully saturated rings. The number of nitrogens with zero attached hydrogens (tertiary/aromatic N) is 5. The van der Waals surface area contributed by atoms with Crippen molar-refractivity contribution in [3.05, 3.63) is 76.3 Å². The quantitative estimate of drug-likeness (QED) is 0.415. The van der Waals surface area contributed by atoms with Crippen LogP contribution < -0.4 is 15.8 Å². The Morgan fingerprint density at radius 2 is 1.76 bits per heavy atom. The minimum atomic E-state index is -0.960. The Morgan fingerprint density at radius 1 is 1.03 bits per heavy atom. The minimum absolute atomic E-state index is 0.109. The van der Waals surface area contributed by atoms with Gasteiger partial charge >= 0.3 is 0 Å². The second-order valence-electron chi connectivity index (χ2n) is 10.4. The van der Waals surface area contributed by atoms with Crippen LogP contribution in [-0.4, -0.2) is 38.6 Å². The molecule has 2 aromatic heterocycles. The smallest absolute Gasteiger partial charge is 0.276 e. The van der Waals surface area contributed by atoms with E-state index in [-0.39, 0.29) is 17.2 Å². The normalized spacial score (nSPS) is 15.1. The van der Waals surface area contributed by atoms with E-state index in [1.165, 1.54) is 12.1 Å². The first-order valence-electron chi connectivity index (χ1n) is 12.2. The van der Waals surface area contributed by atoms with Gasteiger partial charge < -0.3 is 10.2 Å². The molecule has 0 saturated carbocycles. The summed E-state index contributed by atoms with van der Waals surface area (Å²) in [5, 5.41) is 12.5. The summed E-state index contributed by atoms with van der Waals surface area (Å²) in [5.74, 6) is -2.53. The number of halogens is 2. The average Bonchev–Trinajstić information content (AvgIpc) is 3.43. The lowest BCUT2D eigenvalue weighted by atomic mass is 9.93. The van der Waals surface area contributed by atoms with Gasteiger partial charge in [0.15, 0.2) is 11.6 Å². The van der Waals surface area contributed by atoms with Crippen molar-refractivity contribution in [2.45, 2.75) is 40.2 Å². The van der Waals surface area contributed by atoms with E-state index in [4.69, 9.17) is 0 Å². The van der Waals surface area contributed by atoms with Gasteiger partial charge in [0, 0.05) is 36.8 Å². The fourth-order valence-corrected chi connectivity index (χ4v) is 4.68. The lowest BCUT2D eigenvalue weighted by Crippen LogP contribution is -2.27. The van der Waals surface area contributed by atoms with Crippen molar-refractivity contribution in [3.63, 3.8) is 0 Å². The SMILES string of the molecule is CC(C)n1cc2c(N3CCC(C)(C)C3)c(NC(=O)c3ccc(=O)n(-c4c(F)cccc4F)n3)ccc2n1. The molecule has 0 bridgehead atoms. The van der Waals surface area contributed by atoms with Crippen LogP contribution in [0.4, 0.5) is 20.2 Å². The number of carbonyl (C=O) groups excluding carboxylic acids is 1. The first-order chi connectivity index (χ1) is 17.5. The van der Waals surface area contributed by atoms with E-state index in [0.29, 0.717) is 10.4 Å². The Balaban J connectivity index is 1.56. The van der Waals surface area contributed by atoms with Crippen LogP contribution in [0.3, 0.4) is 0 Å². The number of para-hydroxylation sites is 1. The molecule has 37 heavy (non-hydrogen) atoms. The molecule has 0 unspecified atom stereocenters. The number of hydrogen-bond acceptors (Lipinski definition) is 5. The Morgan fingerprint density at radius 3 is 2.41 bits per heavy atom. The molecule has 192 valence electrons. The highest BCUT2D eigenvalue weighted by Crippen LogP contribution is 2.40. The average molecular weight is 507 g/mol. The minimum Gasteiger partial charge on any atom is -0.369 e. The van der Waals surface area contributed by atoms with Crippen molar-refractivity contribution in [2.24, 2.45) is 5.41 Å². The van der Waals surface area contributed by atoms with Crippen LogP contribution in [0.15, 0.2) is 53.5 Å². The summed E-state index contributed by atoms with van der Waals surface area (Å²) >= 11 is 0. The first-order valence-corrected chi connectivity index (χ1v) is 12.2. The topological polar surface area (TPSA) is 85.0 Å². The molecule has 0 radical (unpaired) electrons. The molecule has 2 aromatic carbocycles. The third kappa shape index (κ3) is 4.59. The zero-order valence-electron chi connectivity index (χ0n) is 21.1. The van der Waals surface area contributed by atoms with Crippen LogP contribution >= 0.6 is 0 Å². The van der Waals surface area contributed by atoms with E-state index in [1.807, 2.05) is 30.8 Å². The number of anilines is 2. The largest absolute Gasteiger partial charge is 0.369 e. The van der Waals surface area contributed by atoms with Crippen molar-refractivity contribution < 1.29 is 13.6 Å². The van der Waals surface area contributed by atoms with Crippen LogP contribution in [0.1, 0.15) is 50.6 Å². The number of rotatable bonds is 5. The highest BCUT2D eigenvalue weighted by molar-refractivity contribution is 6.08. The van der Waals surface area contributed by atoms with Gasteiger partial charge in [-0.25, -0.2) is 8.78 Å². The maximum Gasteiger partial charge on any atom is 0.276 e. The molecule has 1 aliphatic heterocycles. The summed E-state index contributed by atoms with van der Waals surface area (Å²) < 4.78 is 31.1. The number of nitrogens with one attached hydrogen (secondary N) is 1. The fraction of sp³-hybridized carbons (Fsp3) is 0.333. The Kier molecular flexibility index (Phi) is 6.05. The Bertz CT molecular complexity index is 1550. The zero-order valence-corrected chi connectivity index (χ0v) is 21.1. The van der Waals surface area contributed by atoms with Crippen molar-refractivity contribution in [1.82, 2.24) is 19.6 Å². The van der Waals surface area contributed by atoms with E-state index < -0.39 is 28.8 Å². The van der Waals surface area contributed by atoms with E-state index >= 15 is 0 Å². The van der Waals surface area contributed by atoms with Crippen LogP contribution in [0.5, 0.6) is 0 Å². The summed E-state index contributed by atoms with van der Waals surface area (Å²) in [5.41, 5.74) is 0.791. The first kappa shape index (κ1) is 24.6. The second kappa shape index (κ2) is 9.10. The van der Waals surface area contributed by atoms with Gasteiger partial charge in [0.25, 0.3) is 11.5 Å². The predicted octanol–water partition coefficient (Wildman–Crippen LogP) is 4.93. The highest BCUT2D eigenvalue weighted by Gasteiger charge is 2.32. The molecule has 3 heterocycles. The molecule has 8 nitrogen and oxygen atoms in total. The standard InChI is InChI=1S/C27H28F2N6O2/c1-16(2)34-14-17-20(31-34)8-9-21(24(17)33-13-12-27(3,4)15-33)30-26(37)22-10-11-23(36)35(32-22)25-18(28)6-5-7-19(25)29/h5-11,14,16H,12-13,15H2,1-4H3,(H,30,37). The van der Waals surface area contributed by atoms with Gasteiger partial charge in [0.05, 0.1) is 16.9 Å². The molecule has 1 N–H and O–H groups in total. The molecule has 0 atom stereocenters. The number of fused-ring (bicyclic) bond motifs is 1. The molecule has 1 aliphatic rings. The van der Waals surface area contributed by atoms with Crippen LogP contribution in [0, 0.1) is 17.0 Å². The van der Waals surface area contributed by atoms with Gasteiger partial charge in [0.1, 0.15) is 11.4 Å². The Hall–Kier alpha value is -4.08. The van der Waals surface area contributed by atoms with E-state index in [9.17, 15) is 18.4 Å². The van der Waals surface area contributed by atoms with E-state index in [0.717, 1.165) is 54.3 Å². The van der Waals surface area contributed by atoms with Gasteiger partial charge in [-0.3, -0.25) is 14.3 Å². The number of benzene rings is 2. The maximum atomic E-state index is 14.3. The predicted molar refractivity (Wildman–Crippen MR) is 138 cm³/mol. The van der Waals surface area contributed by atoms with Gasteiger partial charge in [0.2, 0.25) is 0 Å². The summed E-state index contributed by atoms with van der Waals surface area (Å²) in [7, 11) is 0. The Labute approximate surface area is 212 Å². The monoisotopic (exact) mass is 506 g/mol. The van der Waals surface area contributed by atoms with Crippen molar-refractivity contribution >= 4 is 28.2 Å². The highest BCUT2D eigenvalue weighted by atomic mass is 19.1. The third-order valence-corrected chi connectivity index (χ3v) is 6.63. The van der Waals surface area contributed by atoms with E-state index in [1.54, 1.807) is 6.07 Å². The number of carbonyl (C=O) groups is 1. The molecule has 4 aromatic rings. The molecule has 10 heteroatoms. The maximum absolute atomic E-state index is 14.3. The fourth-order valence-electron chi connectivity index (χ4n) is 4.68. The summed E-state index contributed by atoms with van der Waals surface area (Å²) in [6.45, 7) is 10.1. The van der Waals surface area contributed by atoms with Crippen LogP contribution in [0.25, 0.3) is 16.6 Å². The molecule has 0 spiro atoms. The third-order valence-electron chi connectivity index (χ3n) is 6.63. The van der Waals surface area contributed by atoms with Gasteiger partial charge in [-0.2, -0.15) is 14.9 Å². The van der Waals surface area contributed by atoms with Crippen LogP contribution in [0.2, 0.25) is 0 Å². The van der Waals surface area contributed by atoms with Gasteiger partial charge in [-0.15, -0.1) is 0 Å². The lowest BCUT2D eigenvalue weighted by Gasteiger charge is -2.25. The number of hydrogen-bond donors (Lipinski definition) is 1. The lowest BCUT2D eigenvalue weighted by molar-refractivity contribution is 0.102. The van der Waals surface area contributed by atoms with Gasteiger partial charge in [-0.05, 0) is 56.0 Å².